The Morgan fingerprint density at radius 3 is 2.11 bits per heavy atom. The minimum absolute atomic E-state index is 0.374. The molecule has 0 aliphatic heterocycles. The predicted octanol–water partition coefficient (Wildman–Crippen LogP) is 5.10. The highest BCUT2D eigenvalue weighted by Gasteiger charge is 2.23. The van der Waals surface area contributed by atoms with Crippen molar-refractivity contribution < 1.29 is 9.59 Å². The summed E-state index contributed by atoms with van der Waals surface area (Å²) >= 11 is 11.9. The Bertz CT molecular complexity index is 961. The van der Waals surface area contributed by atoms with Crippen LogP contribution in [-0.4, -0.2) is 11.8 Å². The lowest BCUT2D eigenvalue weighted by molar-refractivity contribution is -0.118. The zero-order valence-corrected chi connectivity index (χ0v) is 15.7. The van der Waals surface area contributed by atoms with E-state index in [0.717, 1.165) is 0 Å². The van der Waals surface area contributed by atoms with E-state index in [-0.39, 0.29) is 5.91 Å². The quantitative estimate of drug-likeness (QED) is 0.627. The zero-order valence-electron chi connectivity index (χ0n) is 14.2. The molecule has 0 aromatic heterocycles. The van der Waals surface area contributed by atoms with E-state index in [1.165, 1.54) is 0 Å². The van der Waals surface area contributed by atoms with Crippen LogP contribution in [0.15, 0.2) is 78.9 Å². The molecule has 0 saturated carbocycles. The molecule has 3 aromatic rings. The molecule has 3 rings (SSSR count). The minimum Gasteiger partial charge on any atom is -0.336 e. The van der Waals surface area contributed by atoms with Gasteiger partial charge in [-0.05, 0) is 42.0 Å². The Balaban J connectivity index is 1.85. The molecule has 1 atom stereocenters. The summed E-state index contributed by atoms with van der Waals surface area (Å²) in [6.45, 7) is 0. The fourth-order valence-electron chi connectivity index (χ4n) is 2.57. The normalized spacial score (nSPS) is 11.5. The van der Waals surface area contributed by atoms with Crippen LogP contribution in [0.3, 0.4) is 0 Å². The van der Waals surface area contributed by atoms with Crippen LogP contribution in [-0.2, 0) is 4.79 Å². The highest BCUT2D eigenvalue weighted by Crippen LogP contribution is 2.20. The van der Waals surface area contributed by atoms with Gasteiger partial charge in [-0.3, -0.25) is 9.59 Å². The monoisotopic (exact) mass is 398 g/mol. The van der Waals surface area contributed by atoms with Gasteiger partial charge in [0.25, 0.3) is 11.8 Å². The first-order valence-corrected chi connectivity index (χ1v) is 8.96. The molecule has 136 valence electrons. The number of hydrogen-bond acceptors (Lipinski definition) is 2. The maximum Gasteiger partial charge on any atom is 0.252 e. The average Bonchev–Trinajstić information content (AvgIpc) is 2.66. The third-order valence-electron chi connectivity index (χ3n) is 3.85. The van der Waals surface area contributed by atoms with Crippen molar-refractivity contribution >= 4 is 40.7 Å². The Morgan fingerprint density at radius 2 is 1.44 bits per heavy atom. The van der Waals surface area contributed by atoms with Gasteiger partial charge in [-0.25, -0.2) is 0 Å². The van der Waals surface area contributed by atoms with Crippen LogP contribution in [0.4, 0.5) is 5.69 Å². The van der Waals surface area contributed by atoms with E-state index in [2.05, 4.69) is 10.6 Å². The topological polar surface area (TPSA) is 58.2 Å². The molecule has 0 heterocycles. The maximum absolute atomic E-state index is 12.9. The van der Waals surface area contributed by atoms with E-state index in [0.29, 0.717) is 26.9 Å². The summed E-state index contributed by atoms with van der Waals surface area (Å²) in [5.41, 5.74) is 1.58. The molecule has 2 amide bonds. The molecule has 0 bridgehead atoms. The first-order valence-electron chi connectivity index (χ1n) is 8.21. The Labute approximate surface area is 167 Å². The Hall–Kier alpha value is -2.82. The van der Waals surface area contributed by atoms with E-state index in [1.54, 1.807) is 72.8 Å². The van der Waals surface area contributed by atoms with Crippen LogP contribution in [0, 0.1) is 0 Å². The van der Waals surface area contributed by atoms with Gasteiger partial charge >= 0.3 is 0 Å². The smallest absolute Gasteiger partial charge is 0.252 e. The molecule has 0 spiro atoms. The summed E-state index contributed by atoms with van der Waals surface area (Å²) < 4.78 is 0. The molecule has 27 heavy (non-hydrogen) atoms. The zero-order chi connectivity index (χ0) is 19.2. The standard InChI is InChI=1S/C21H16Cl2N2O2/c22-16-9-4-8-15(12-16)20(26)25-19(14-6-2-1-3-7-14)21(27)24-18-11-5-10-17(23)13-18/h1-13,19H,(H,24,27)(H,25,26). The summed E-state index contributed by atoms with van der Waals surface area (Å²) in [7, 11) is 0. The molecular formula is C21H16Cl2N2O2. The van der Waals surface area contributed by atoms with Crippen molar-refractivity contribution in [1.82, 2.24) is 5.32 Å². The number of halogens is 2. The predicted molar refractivity (Wildman–Crippen MR) is 108 cm³/mol. The first-order chi connectivity index (χ1) is 13.0. The van der Waals surface area contributed by atoms with Gasteiger partial charge < -0.3 is 10.6 Å². The minimum atomic E-state index is -0.878. The third-order valence-corrected chi connectivity index (χ3v) is 4.32. The number of benzene rings is 3. The molecule has 1 unspecified atom stereocenters. The van der Waals surface area contributed by atoms with Crippen LogP contribution >= 0.6 is 23.2 Å². The second-order valence-corrected chi connectivity index (χ2v) is 6.70. The summed E-state index contributed by atoms with van der Waals surface area (Å²) in [6, 6.07) is 21.5. The second-order valence-electron chi connectivity index (χ2n) is 5.83. The van der Waals surface area contributed by atoms with Crippen LogP contribution in [0.25, 0.3) is 0 Å². The van der Waals surface area contributed by atoms with Gasteiger partial charge in [0.05, 0.1) is 0 Å². The van der Waals surface area contributed by atoms with Crippen molar-refractivity contribution in [3.8, 4) is 0 Å². The van der Waals surface area contributed by atoms with E-state index in [9.17, 15) is 9.59 Å². The molecule has 0 fully saturated rings. The third kappa shape index (κ3) is 5.09. The van der Waals surface area contributed by atoms with Gasteiger partial charge in [0.2, 0.25) is 0 Å². The summed E-state index contributed by atoms with van der Waals surface area (Å²) in [5, 5.41) is 6.51. The summed E-state index contributed by atoms with van der Waals surface area (Å²) in [6.07, 6.45) is 0. The highest BCUT2D eigenvalue weighted by molar-refractivity contribution is 6.31. The van der Waals surface area contributed by atoms with Crippen molar-refractivity contribution in [2.24, 2.45) is 0 Å². The maximum atomic E-state index is 12.9. The highest BCUT2D eigenvalue weighted by atomic mass is 35.5. The van der Waals surface area contributed by atoms with Crippen LogP contribution in [0.5, 0.6) is 0 Å². The molecule has 6 heteroatoms. The van der Waals surface area contributed by atoms with Crippen LogP contribution in [0.1, 0.15) is 22.0 Å². The van der Waals surface area contributed by atoms with Crippen molar-refractivity contribution in [2.45, 2.75) is 6.04 Å². The molecule has 4 nitrogen and oxygen atoms in total. The van der Waals surface area contributed by atoms with Gasteiger partial charge in [0.15, 0.2) is 0 Å². The molecule has 0 aliphatic carbocycles. The molecular weight excluding hydrogens is 383 g/mol. The lowest BCUT2D eigenvalue weighted by Crippen LogP contribution is -2.37. The summed E-state index contributed by atoms with van der Waals surface area (Å²) in [5.74, 6) is -0.772. The number of amides is 2. The van der Waals surface area contributed by atoms with E-state index in [4.69, 9.17) is 23.2 Å². The number of hydrogen-bond donors (Lipinski definition) is 2. The fraction of sp³-hybridized carbons (Fsp3) is 0.0476. The van der Waals surface area contributed by atoms with Crippen LogP contribution in [0.2, 0.25) is 10.0 Å². The average molecular weight is 399 g/mol. The Kier molecular flexibility index (Phi) is 6.12. The lowest BCUT2D eigenvalue weighted by atomic mass is 10.1. The molecule has 0 saturated heterocycles. The number of carbonyl (C=O) groups is 2. The number of nitrogens with one attached hydrogen (secondary N) is 2. The largest absolute Gasteiger partial charge is 0.336 e. The molecule has 3 aromatic carbocycles. The molecule has 0 radical (unpaired) electrons. The lowest BCUT2D eigenvalue weighted by Gasteiger charge is -2.19. The number of rotatable bonds is 5. The van der Waals surface area contributed by atoms with Crippen LogP contribution < -0.4 is 10.6 Å². The van der Waals surface area contributed by atoms with Gasteiger partial charge in [0, 0.05) is 21.3 Å². The van der Waals surface area contributed by atoms with Crippen molar-refractivity contribution in [3.63, 3.8) is 0 Å². The van der Waals surface area contributed by atoms with E-state index in [1.807, 2.05) is 6.07 Å². The molecule has 2 N–H and O–H groups in total. The van der Waals surface area contributed by atoms with Gasteiger partial charge in [-0.15, -0.1) is 0 Å². The number of carbonyl (C=O) groups excluding carboxylic acids is 2. The van der Waals surface area contributed by atoms with E-state index < -0.39 is 11.9 Å². The second kappa shape index (κ2) is 8.71. The fourth-order valence-corrected chi connectivity index (χ4v) is 2.95. The Morgan fingerprint density at radius 1 is 0.778 bits per heavy atom. The SMILES string of the molecule is O=C(NC(C(=O)Nc1cccc(Cl)c1)c1ccccc1)c1cccc(Cl)c1. The summed E-state index contributed by atoms with van der Waals surface area (Å²) in [4.78, 5) is 25.5. The van der Waals surface area contributed by atoms with Gasteiger partial charge in [-0.1, -0.05) is 65.7 Å². The van der Waals surface area contributed by atoms with Gasteiger partial charge in [-0.2, -0.15) is 0 Å². The van der Waals surface area contributed by atoms with E-state index >= 15 is 0 Å². The van der Waals surface area contributed by atoms with Crippen molar-refractivity contribution in [1.29, 1.82) is 0 Å². The van der Waals surface area contributed by atoms with Gasteiger partial charge in [0.1, 0.15) is 6.04 Å². The molecule has 0 aliphatic rings. The number of anilines is 1. The van der Waals surface area contributed by atoms with Crippen molar-refractivity contribution in [3.05, 3.63) is 100 Å². The first kappa shape index (κ1) is 19.0. The van der Waals surface area contributed by atoms with Crippen molar-refractivity contribution in [2.75, 3.05) is 5.32 Å².